The Bertz CT molecular complexity index is 472. The smallest absolute Gasteiger partial charge is 0.338 e. The number of hydrogen-bond acceptors (Lipinski definition) is 5. The molecule has 6 heteroatoms. The van der Waals surface area contributed by atoms with Crippen molar-refractivity contribution in [2.24, 2.45) is 0 Å². The van der Waals surface area contributed by atoms with Crippen molar-refractivity contribution in [1.82, 2.24) is 4.98 Å². The van der Waals surface area contributed by atoms with E-state index in [2.05, 4.69) is 20.9 Å². The van der Waals surface area contributed by atoms with Gasteiger partial charge < -0.3 is 14.4 Å². The van der Waals surface area contributed by atoms with E-state index < -0.39 is 5.60 Å². The van der Waals surface area contributed by atoms with Crippen molar-refractivity contribution in [2.45, 2.75) is 26.4 Å². The monoisotopic (exact) mass is 344 g/mol. The quantitative estimate of drug-likeness (QED) is 0.607. The van der Waals surface area contributed by atoms with Gasteiger partial charge in [-0.05, 0) is 48.8 Å². The fraction of sp³-hybridized carbons (Fsp3) is 0.571. The summed E-state index contributed by atoms with van der Waals surface area (Å²) in [5.74, 6) is 0.333. The Morgan fingerprint density at radius 3 is 2.60 bits per heavy atom. The predicted octanol–water partition coefficient (Wildman–Crippen LogP) is 2.88. The number of ether oxygens (including phenoxy) is 2. The Labute approximate surface area is 128 Å². The molecule has 1 rings (SSSR count). The van der Waals surface area contributed by atoms with Crippen LogP contribution in [-0.2, 0) is 9.47 Å². The first-order valence-corrected chi connectivity index (χ1v) is 7.13. The van der Waals surface area contributed by atoms with Gasteiger partial charge in [-0.3, -0.25) is 0 Å². The van der Waals surface area contributed by atoms with Crippen LogP contribution in [-0.4, -0.2) is 43.9 Å². The van der Waals surface area contributed by atoms with E-state index in [4.69, 9.17) is 9.47 Å². The van der Waals surface area contributed by atoms with Crippen LogP contribution in [0.4, 0.5) is 5.82 Å². The lowest BCUT2D eigenvalue weighted by molar-refractivity contribution is 0.00693. The minimum absolute atomic E-state index is 0.359. The van der Waals surface area contributed by atoms with Gasteiger partial charge >= 0.3 is 5.97 Å². The summed E-state index contributed by atoms with van der Waals surface area (Å²) >= 11 is 3.32. The van der Waals surface area contributed by atoms with E-state index in [1.807, 2.05) is 32.7 Å². The molecule has 0 aliphatic carbocycles. The topological polar surface area (TPSA) is 51.7 Å². The van der Waals surface area contributed by atoms with Crippen LogP contribution in [0.5, 0.6) is 0 Å². The van der Waals surface area contributed by atoms with E-state index in [1.165, 1.54) is 0 Å². The largest absolute Gasteiger partial charge is 0.456 e. The highest BCUT2D eigenvalue weighted by atomic mass is 79.9. The highest BCUT2D eigenvalue weighted by molar-refractivity contribution is 9.10. The van der Waals surface area contributed by atoms with Crippen molar-refractivity contribution in [3.8, 4) is 0 Å². The summed E-state index contributed by atoms with van der Waals surface area (Å²) in [6.45, 7) is 6.80. The van der Waals surface area contributed by atoms with Crippen molar-refractivity contribution < 1.29 is 14.3 Å². The van der Waals surface area contributed by atoms with Crippen molar-refractivity contribution in [3.05, 3.63) is 22.3 Å². The second-order valence-electron chi connectivity index (χ2n) is 5.45. The summed E-state index contributed by atoms with van der Waals surface area (Å²) in [5.41, 5.74) is -0.0457. The molecule has 0 aliphatic rings. The first-order chi connectivity index (χ1) is 9.23. The molecule has 0 saturated carbocycles. The normalized spacial score (nSPS) is 11.3. The van der Waals surface area contributed by atoms with Gasteiger partial charge in [0.25, 0.3) is 0 Å². The number of nitrogens with zero attached hydrogens (tertiary/aromatic N) is 2. The highest BCUT2D eigenvalue weighted by Gasteiger charge is 2.19. The number of esters is 1. The third kappa shape index (κ3) is 5.46. The number of carbonyl (C=O) groups is 1. The minimum atomic E-state index is -0.519. The van der Waals surface area contributed by atoms with Crippen LogP contribution in [0.2, 0.25) is 0 Å². The van der Waals surface area contributed by atoms with Gasteiger partial charge in [-0.25, -0.2) is 9.78 Å². The number of aromatic nitrogens is 1. The summed E-state index contributed by atoms with van der Waals surface area (Å²) in [7, 11) is 3.54. The molecule has 1 heterocycles. The van der Waals surface area contributed by atoms with Crippen LogP contribution in [0.3, 0.4) is 0 Å². The van der Waals surface area contributed by atoms with Crippen molar-refractivity contribution in [3.63, 3.8) is 0 Å². The maximum atomic E-state index is 12.1. The third-order valence-electron chi connectivity index (χ3n) is 2.44. The molecule has 20 heavy (non-hydrogen) atoms. The summed E-state index contributed by atoms with van der Waals surface area (Å²) in [5, 5.41) is 0. The highest BCUT2D eigenvalue weighted by Crippen LogP contribution is 2.20. The SMILES string of the molecule is COCCN(C)c1cc(C(=O)OC(C)(C)C)cc(Br)n1. The standard InChI is InChI=1S/C14H21BrN2O3/c1-14(2,3)20-13(18)10-8-11(15)16-12(9-10)17(4)6-7-19-5/h8-9H,6-7H2,1-5H3. The van der Waals surface area contributed by atoms with Gasteiger partial charge in [0.05, 0.1) is 12.2 Å². The van der Waals surface area contributed by atoms with Crippen molar-refractivity contribution >= 4 is 27.7 Å². The van der Waals surface area contributed by atoms with E-state index in [1.54, 1.807) is 19.2 Å². The molecule has 0 atom stereocenters. The number of methoxy groups -OCH3 is 1. The molecule has 0 bridgehead atoms. The van der Waals surface area contributed by atoms with Crippen LogP contribution in [0, 0.1) is 0 Å². The Balaban J connectivity index is 2.93. The maximum Gasteiger partial charge on any atom is 0.338 e. The molecule has 112 valence electrons. The van der Waals surface area contributed by atoms with E-state index in [0.717, 1.165) is 0 Å². The lowest BCUT2D eigenvalue weighted by atomic mass is 10.2. The van der Waals surface area contributed by atoms with Crippen LogP contribution in [0.15, 0.2) is 16.7 Å². The van der Waals surface area contributed by atoms with Crippen molar-refractivity contribution in [2.75, 3.05) is 32.2 Å². The van der Waals surface area contributed by atoms with Gasteiger partial charge in [-0.1, -0.05) is 0 Å². The number of halogens is 1. The zero-order chi connectivity index (χ0) is 15.3. The van der Waals surface area contributed by atoms with Gasteiger partial charge in [0.15, 0.2) is 0 Å². The average Bonchev–Trinajstić information content (AvgIpc) is 2.33. The molecule has 0 aromatic carbocycles. The van der Waals surface area contributed by atoms with Gasteiger partial charge in [-0.2, -0.15) is 0 Å². The van der Waals surface area contributed by atoms with E-state index >= 15 is 0 Å². The van der Waals surface area contributed by atoms with Crippen LogP contribution in [0.1, 0.15) is 31.1 Å². The number of rotatable bonds is 5. The number of anilines is 1. The molecular weight excluding hydrogens is 324 g/mol. The second-order valence-corrected chi connectivity index (χ2v) is 6.27. The lowest BCUT2D eigenvalue weighted by Gasteiger charge is -2.21. The second kappa shape index (κ2) is 7.04. The maximum absolute atomic E-state index is 12.1. The lowest BCUT2D eigenvalue weighted by Crippen LogP contribution is -2.25. The summed E-state index contributed by atoms with van der Waals surface area (Å²) in [4.78, 5) is 18.4. The van der Waals surface area contributed by atoms with Gasteiger partial charge in [0, 0.05) is 20.7 Å². The van der Waals surface area contributed by atoms with Gasteiger partial charge in [0.2, 0.25) is 0 Å². The zero-order valence-corrected chi connectivity index (χ0v) is 14.2. The molecule has 0 N–H and O–H groups in total. The van der Waals surface area contributed by atoms with Crippen molar-refractivity contribution in [1.29, 1.82) is 0 Å². The average molecular weight is 345 g/mol. The summed E-state index contributed by atoms with van der Waals surface area (Å²) in [6.07, 6.45) is 0. The van der Waals surface area contributed by atoms with E-state index in [-0.39, 0.29) is 5.97 Å². The zero-order valence-electron chi connectivity index (χ0n) is 12.6. The molecular formula is C14H21BrN2O3. The van der Waals surface area contributed by atoms with Crippen LogP contribution >= 0.6 is 15.9 Å². The Morgan fingerprint density at radius 1 is 1.40 bits per heavy atom. The Hall–Kier alpha value is -1.14. The molecule has 0 radical (unpaired) electrons. The molecule has 0 aliphatic heterocycles. The molecule has 0 unspecified atom stereocenters. The number of hydrogen-bond donors (Lipinski definition) is 0. The predicted molar refractivity (Wildman–Crippen MR) is 82.3 cm³/mol. The van der Waals surface area contributed by atoms with E-state index in [0.29, 0.717) is 29.1 Å². The van der Waals surface area contributed by atoms with Gasteiger partial charge in [0.1, 0.15) is 16.0 Å². The Morgan fingerprint density at radius 2 is 2.05 bits per heavy atom. The number of carbonyl (C=O) groups excluding carboxylic acids is 1. The molecule has 5 nitrogen and oxygen atoms in total. The molecule has 1 aromatic rings. The molecule has 0 fully saturated rings. The molecule has 0 saturated heterocycles. The fourth-order valence-corrected chi connectivity index (χ4v) is 1.90. The molecule has 0 spiro atoms. The Kier molecular flexibility index (Phi) is 5.95. The van der Waals surface area contributed by atoms with E-state index in [9.17, 15) is 4.79 Å². The number of pyridine rings is 1. The summed E-state index contributed by atoms with van der Waals surface area (Å²) < 4.78 is 11.0. The molecule has 1 aromatic heterocycles. The fourth-order valence-electron chi connectivity index (χ4n) is 1.48. The van der Waals surface area contributed by atoms with Gasteiger partial charge in [-0.15, -0.1) is 0 Å². The van der Waals surface area contributed by atoms with Crippen LogP contribution in [0.25, 0.3) is 0 Å². The number of likely N-dealkylation sites (N-methyl/N-ethyl adjacent to an activating group) is 1. The summed E-state index contributed by atoms with van der Waals surface area (Å²) in [6, 6.07) is 3.37. The molecule has 0 amide bonds. The van der Waals surface area contributed by atoms with Crippen LogP contribution < -0.4 is 4.90 Å². The minimum Gasteiger partial charge on any atom is -0.456 e. The first-order valence-electron chi connectivity index (χ1n) is 6.34. The third-order valence-corrected chi connectivity index (χ3v) is 2.84. The first kappa shape index (κ1) is 16.9.